The van der Waals surface area contributed by atoms with Crippen LogP contribution in [0.5, 0.6) is 0 Å². The van der Waals surface area contributed by atoms with Gasteiger partial charge >= 0.3 is 12.4 Å². The molecular weight excluding hydrogens is 839 g/mol. The third-order valence-corrected chi connectivity index (χ3v) is 13.0. The molecule has 10 aromatic rings. The van der Waals surface area contributed by atoms with Crippen LogP contribution in [0.15, 0.2) is 206 Å². The number of fused-ring (bicyclic) bond motifs is 7. The van der Waals surface area contributed by atoms with Crippen molar-refractivity contribution in [3.63, 3.8) is 0 Å². The van der Waals surface area contributed by atoms with Crippen LogP contribution in [0, 0.1) is 0 Å². The highest BCUT2D eigenvalue weighted by Gasteiger charge is 2.44. The van der Waals surface area contributed by atoms with Gasteiger partial charge in [0.2, 0.25) is 0 Å². The molecular formula is C56H34BF6N3. The van der Waals surface area contributed by atoms with Crippen molar-refractivity contribution in [1.82, 2.24) is 4.57 Å². The van der Waals surface area contributed by atoms with Gasteiger partial charge in [-0.1, -0.05) is 121 Å². The largest absolute Gasteiger partial charge is 0.417 e. The first-order chi connectivity index (χ1) is 32.0. The van der Waals surface area contributed by atoms with Gasteiger partial charge in [-0.25, -0.2) is 0 Å². The van der Waals surface area contributed by atoms with Crippen LogP contribution in [0.3, 0.4) is 0 Å². The normalized spacial score (nSPS) is 13.2. The molecule has 0 bridgehead atoms. The maximum Gasteiger partial charge on any atom is 0.417 e. The molecule has 0 radical (unpaired) electrons. The van der Waals surface area contributed by atoms with Gasteiger partial charge < -0.3 is 14.4 Å². The number of aromatic nitrogens is 1. The van der Waals surface area contributed by atoms with Crippen LogP contribution < -0.4 is 26.2 Å². The lowest BCUT2D eigenvalue weighted by Crippen LogP contribution is -2.61. The molecule has 1 aromatic heterocycles. The molecule has 0 unspecified atom stereocenters. The summed E-state index contributed by atoms with van der Waals surface area (Å²) in [5.41, 5.74) is 10.7. The minimum absolute atomic E-state index is 0.0561. The Hall–Kier alpha value is -7.98. The lowest BCUT2D eigenvalue weighted by atomic mass is 9.33. The van der Waals surface area contributed by atoms with Gasteiger partial charge in [0, 0.05) is 50.5 Å². The third-order valence-electron chi connectivity index (χ3n) is 13.0. The van der Waals surface area contributed by atoms with Crippen LogP contribution in [0.1, 0.15) is 11.1 Å². The quantitative estimate of drug-likeness (QED) is 0.126. The van der Waals surface area contributed by atoms with E-state index >= 15 is 0 Å². The highest BCUT2D eigenvalue weighted by atomic mass is 19.4. The predicted octanol–water partition coefficient (Wildman–Crippen LogP) is 14.2. The van der Waals surface area contributed by atoms with Crippen LogP contribution in [0.2, 0.25) is 0 Å². The molecule has 2 aliphatic rings. The Labute approximate surface area is 376 Å². The van der Waals surface area contributed by atoms with Crippen molar-refractivity contribution in [3.05, 3.63) is 217 Å². The number of benzene rings is 9. The molecule has 0 spiro atoms. The second-order valence-corrected chi connectivity index (χ2v) is 16.7. The Balaban J connectivity index is 1.10. The summed E-state index contributed by atoms with van der Waals surface area (Å²) in [7, 11) is 0. The fraction of sp³-hybridized carbons (Fsp3) is 0.0357. The second-order valence-electron chi connectivity index (χ2n) is 16.7. The fourth-order valence-electron chi connectivity index (χ4n) is 10.3. The average molecular weight is 874 g/mol. The van der Waals surface area contributed by atoms with Crippen molar-refractivity contribution >= 4 is 79.0 Å². The molecule has 0 saturated carbocycles. The topological polar surface area (TPSA) is 11.4 Å². The van der Waals surface area contributed by atoms with Crippen molar-refractivity contribution in [2.45, 2.75) is 12.4 Å². The van der Waals surface area contributed by atoms with Crippen LogP contribution in [-0.4, -0.2) is 11.3 Å². The Bertz CT molecular complexity index is 3430. The van der Waals surface area contributed by atoms with Gasteiger partial charge in [-0.05, 0) is 118 Å². The standard InChI is InChI=1S/C56H34BF6N3/c58-55(59,60)37-28-29-40(44(34-37)56(61,62)63)41-19-7-11-23-47(41)66-48-24-12-8-20-42(48)43-31-35(27-30-49(43)66)36-32-52-54-53(33-36)65(39-17-5-2-6-18-39)51-26-14-10-22-46(51)57(54)45-21-9-13-25-50(45)64(52)38-15-3-1-4-16-38/h1-34H. The van der Waals surface area contributed by atoms with Crippen molar-refractivity contribution in [1.29, 1.82) is 0 Å². The van der Waals surface area contributed by atoms with Crippen LogP contribution in [0.25, 0.3) is 49.7 Å². The van der Waals surface area contributed by atoms with E-state index in [1.807, 2.05) is 53.1 Å². The number of alkyl halides is 6. The zero-order valence-corrected chi connectivity index (χ0v) is 34.8. The van der Waals surface area contributed by atoms with E-state index in [4.69, 9.17) is 0 Å². The molecule has 3 nitrogen and oxygen atoms in total. The SMILES string of the molecule is FC(F)(F)c1ccc(-c2ccccc2-n2c3ccccc3c3cc(-c4cc5c6c(c4)N(c4ccccc4)c4ccccc4B6c4ccccc4N5c4ccccc4)ccc32)c(C(F)(F)F)c1. The molecule has 0 aliphatic carbocycles. The van der Waals surface area contributed by atoms with Gasteiger partial charge in [0.05, 0.1) is 27.8 Å². The van der Waals surface area contributed by atoms with Gasteiger partial charge in [-0.15, -0.1) is 0 Å². The molecule has 66 heavy (non-hydrogen) atoms. The summed E-state index contributed by atoms with van der Waals surface area (Å²) < 4.78 is 87.3. The third kappa shape index (κ3) is 6.15. The number of rotatable bonds is 5. The van der Waals surface area contributed by atoms with Crippen LogP contribution in [0.4, 0.5) is 60.5 Å². The molecule has 10 heteroatoms. The van der Waals surface area contributed by atoms with E-state index in [1.165, 1.54) is 22.5 Å². The monoisotopic (exact) mass is 873 g/mol. The number of halogens is 6. The van der Waals surface area contributed by atoms with Gasteiger partial charge in [0.25, 0.3) is 6.71 Å². The van der Waals surface area contributed by atoms with Gasteiger partial charge in [-0.2, -0.15) is 26.3 Å². The number of anilines is 6. The van der Waals surface area contributed by atoms with E-state index in [0.717, 1.165) is 73.1 Å². The molecule has 9 aromatic carbocycles. The summed E-state index contributed by atoms with van der Waals surface area (Å²) in [5.74, 6) is 0. The first-order valence-electron chi connectivity index (χ1n) is 21.5. The van der Waals surface area contributed by atoms with Gasteiger partial charge in [-0.3, -0.25) is 0 Å². The van der Waals surface area contributed by atoms with Crippen molar-refractivity contribution in [3.8, 4) is 27.9 Å². The Morgan fingerprint density at radius 3 is 1.50 bits per heavy atom. The minimum Gasteiger partial charge on any atom is -0.311 e. The smallest absolute Gasteiger partial charge is 0.311 e. The summed E-state index contributed by atoms with van der Waals surface area (Å²) in [5, 5.41) is 1.73. The summed E-state index contributed by atoms with van der Waals surface area (Å²) in [6.45, 7) is -0.0561. The van der Waals surface area contributed by atoms with Crippen molar-refractivity contribution in [2.75, 3.05) is 9.80 Å². The minimum atomic E-state index is -5.05. The summed E-state index contributed by atoms with van der Waals surface area (Å²) in [6, 6.07) is 64.8. The number of para-hydroxylation sites is 6. The average Bonchev–Trinajstić information content (AvgIpc) is 3.67. The van der Waals surface area contributed by atoms with Crippen molar-refractivity contribution in [2.24, 2.45) is 0 Å². The molecule has 318 valence electrons. The second kappa shape index (κ2) is 14.8. The van der Waals surface area contributed by atoms with Gasteiger partial charge in [0.15, 0.2) is 0 Å². The fourth-order valence-corrected chi connectivity index (χ4v) is 10.3. The van der Waals surface area contributed by atoms with Crippen LogP contribution in [-0.2, 0) is 12.4 Å². The van der Waals surface area contributed by atoms with E-state index in [2.05, 4.69) is 125 Å². The van der Waals surface area contributed by atoms with E-state index in [9.17, 15) is 26.3 Å². The van der Waals surface area contributed by atoms with Crippen molar-refractivity contribution < 1.29 is 26.3 Å². The lowest BCUT2D eigenvalue weighted by molar-refractivity contribution is -0.142. The Kier molecular flexibility index (Phi) is 8.87. The molecule has 0 atom stereocenters. The molecule has 3 heterocycles. The number of hydrogen-bond acceptors (Lipinski definition) is 2. The molecule has 12 rings (SSSR count). The first kappa shape index (κ1) is 39.6. The van der Waals surface area contributed by atoms with E-state index in [1.54, 1.807) is 18.2 Å². The molecule has 0 fully saturated rings. The lowest BCUT2D eigenvalue weighted by Gasteiger charge is -2.44. The maximum atomic E-state index is 14.7. The zero-order chi connectivity index (χ0) is 44.9. The molecule has 0 N–H and O–H groups in total. The van der Waals surface area contributed by atoms with E-state index < -0.39 is 23.5 Å². The number of nitrogens with zero attached hydrogens (tertiary/aromatic N) is 3. The molecule has 0 saturated heterocycles. The van der Waals surface area contributed by atoms with E-state index in [0.29, 0.717) is 11.8 Å². The highest BCUT2D eigenvalue weighted by Crippen LogP contribution is 2.48. The summed E-state index contributed by atoms with van der Waals surface area (Å²) >= 11 is 0. The first-order valence-corrected chi connectivity index (χ1v) is 21.5. The molecule has 2 aliphatic heterocycles. The Morgan fingerprint density at radius 2 is 0.894 bits per heavy atom. The zero-order valence-electron chi connectivity index (χ0n) is 34.8. The van der Waals surface area contributed by atoms with E-state index in [-0.39, 0.29) is 23.9 Å². The summed E-state index contributed by atoms with van der Waals surface area (Å²) in [4.78, 5) is 4.70. The highest BCUT2D eigenvalue weighted by molar-refractivity contribution is 7.00. The van der Waals surface area contributed by atoms with Crippen LogP contribution >= 0.6 is 0 Å². The molecule has 0 amide bonds. The van der Waals surface area contributed by atoms with Gasteiger partial charge in [0.1, 0.15) is 0 Å². The number of hydrogen-bond donors (Lipinski definition) is 0. The summed E-state index contributed by atoms with van der Waals surface area (Å²) in [6.07, 6.45) is -10.0. The predicted molar refractivity (Wildman–Crippen MR) is 256 cm³/mol. The maximum absolute atomic E-state index is 14.7. The Morgan fingerprint density at radius 1 is 0.364 bits per heavy atom.